The number of nitrogens with zero attached hydrogens (tertiary/aromatic N) is 2. The van der Waals surface area contributed by atoms with Crippen molar-refractivity contribution in [3.63, 3.8) is 0 Å². The van der Waals surface area contributed by atoms with Gasteiger partial charge in [-0.3, -0.25) is 4.79 Å². The molecule has 1 heterocycles. The zero-order chi connectivity index (χ0) is 15.4. The van der Waals surface area contributed by atoms with Crippen molar-refractivity contribution in [3.05, 3.63) is 23.9 Å². The van der Waals surface area contributed by atoms with Crippen molar-refractivity contribution in [1.82, 2.24) is 9.88 Å². The van der Waals surface area contributed by atoms with E-state index in [1.807, 2.05) is 24.1 Å². The van der Waals surface area contributed by atoms with Crippen LogP contribution >= 0.6 is 0 Å². The lowest BCUT2D eigenvalue weighted by atomic mass is 9.95. The minimum atomic E-state index is 0.107. The zero-order valence-electron chi connectivity index (χ0n) is 13.6. The van der Waals surface area contributed by atoms with Gasteiger partial charge in [0.1, 0.15) is 5.82 Å². The predicted octanol–water partition coefficient (Wildman–Crippen LogP) is 3.84. The average Bonchev–Trinajstić information content (AvgIpc) is 3.30. The van der Waals surface area contributed by atoms with E-state index < -0.39 is 0 Å². The van der Waals surface area contributed by atoms with Crippen LogP contribution < -0.4 is 5.32 Å². The lowest BCUT2D eigenvalue weighted by molar-refractivity contribution is 0.0706. The molecule has 1 N–H and O–H groups in total. The van der Waals surface area contributed by atoms with Crippen LogP contribution in [0.4, 0.5) is 5.82 Å². The van der Waals surface area contributed by atoms with Gasteiger partial charge in [-0.15, -0.1) is 0 Å². The number of amides is 1. The summed E-state index contributed by atoms with van der Waals surface area (Å²) in [5, 5.41) is 3.35. The third kappa shape index (κ3) is 3.99. The highest BCUT2D eigenvalue weighted by molar-refractivity contribution is 5.94. The molecule has 4 heteroatoms. The molecule has 0 saturated heterocycles. The number of aromatic nitrogens is 1. The number of hydrogen-bond donors (Lipinski definition) is 1. The summed E-state index contributed by atoms with van der Waals surface area (Å²) >= 11 is 0. The SMILES string of the molecule is CN(C(=O)c1ccc(NC2CC2)nc1)C1CCCCCCC1. The van der Waals surface area contributed by atoms with Crippen molar-refractivity contribution in [2.75, 3.05) is 12.4 Å². The Morgan fingerprint density at radius 1 is 1.09 bits per heavy atom. The van der Waals surface area contributed by atoms with Gasteiger partial charge in [0.15, 0.2) is 0 Å². The summed E-state index contributed by atoms with van der Waals surface area (Å²) in [6, 6.07) is 4.81. The maximum absolute atomic E-state index is 12.7. The third-order valence-electron chi connectivity index (χ3n) is 4.88. The molecule has 0 aromatic carbocycles. The first kappa shape index (κ1) is 15.3. The highest BCUT2D eigenvalue weighted by Crippen LogP contribution is 2.24. The number of nitrogens with one attached hydrogen (secondary N) is 1. The molecule has 2 fully saturated rings. The zero-order valence-corrected chi connectivity index (χ0v) is 13.6. The summed E-state index contributed by atoms with van der Waals surface area (Å²) in [5.41, 5.74) is 0.700. The summed E-state index contributed by atoms with van der Waals surface area (Å²) in [5.74, 6) is 0.990. The van der Waals surface area contributed by atoms with Gasteiger partial charge in [-0.05, 0) is 37.8 Å². The summed E-state index contributed by atoms with van der Waals surface area (Å²) in [6.07, 6.45) is 12.9. The minimum absolute atomic E-state index is 0.107. The van der Waals surface area contributed by atoms with Gasteiger partial charge in [-0.25, -0.2) is 4.98 Å². The molecule has 0 bridgehead atoms. The van der Waals surface area contributed by atoms with E-state index in [1.165, 1.54) is 44.9 Å². The van der Waals surface area contributed by atoms with Crippen LogP contribution in [0.3, 0.4) is 0 Å². The van der Waals surface area contributed by atoms with Crippen molar-refractivity contribution >= 4 is 11.7 Å². The van der Waals surface area contributed by atoms with Crippen molar-refractivity contribution < 1.29 is 4.79 Å². The summed E-state index contributed by atoms with van der Waals surface area (Å²) in [6.45, 7) is 0. The maximum atomic E-state index is 12.7. The number of anilines is 1. The van der Waals surface area contributed by atoms with Crippen LogP contribution in [-0.4, -0.2) is 34.9 Å². The molecule has 0 spiro atoms. The molecule has 0 atom stereocenters. The minimum Gasteiger partial charge on any atom is -0.367 e. The van der Waals surface area contributed by atoms with E-state index in [4.69, 9.17) is 0 Å². The van der Waals surface area contributed by atoms with Gasteiger partial charge in [0.2, 0.25) is 0 Å². The van der Waals surface area contributed by atoms with E-state index in [0.29, 0.717) is 17.6 Å². The number of rotatable bonds is 4. The van der Waals surface area contributed by atoms with Crippen LogP contribution in [0.25, 0.3) is 0 Å². The number of hydrogen-bond acceptors (Lipinski definition) is 3. The Labute approximate surface area is 133 Å². The Morgan fingerprint density at radius 2 is 1.77 bits per heavy atom. The van der Waals surface area contributed by atoms with Crippen LogP contribution in [0.2, 0.25) is 0 Å². The van der Waals surface area contributed by atoms with Gasteiger partial charge in [0.25, 0.3) is 5.91 Å². The second kappa shape index (κ2) is 7.12. The molecule has 2 aliphatic rings. The van der Waals surface area contributed by atoms with Gasteiger partial charge in [0.05, 0.1) is 5.56 Å². The molecule has 120 valence electrons. The molecule has 4 nitrogen and oxygen atoms in total. The monoisotopic (exact) mass is 301 g/mol. The highest BCUT2D eigenvalue weighted by Gasteiger charge is 2.23. The molecule has 0 unspecified atom stereocenters. The normalized spacial score (nSPS) is 20.0. The van der Waals surface area contributed by atoms with Crippen LogP contribution in [-0.2, 0) is 0 Å². The smallest absolute Gasteiger partial charge is 0.255 e. The molecular formula is C18H27N3O. The maximum Gasteiger partial charge on any atom is 0.255 e. The van der Waals surface area contributed by atoms with Gasteiger partial charge < -0.3 is 10.2 Å². The summed E-state index contributed by atoms with van der Waals surface area (Å²) < 4.78 is 0. The van der Waals surface area contributed by atoms with Crippen molar-refractivity contribution in [3.8, 4) is 0 Å². The number of carbonyl (C=O) groups is 1. The second-order valence-corrected chi connectivity index (χ2v) is 6.77. The fraction of sp³-hybridized carbons (Fsp3) is 0.667. The van der Waals surface area contributed by atoms with Crippen molar-refractivity contribution in [1.29, 1.82) is 0 Å². The first-order valence-electron chi connectivity index (χ1n) is 8.74. The van der Waals surface area contributed by atoms with Gasteiger partial charge >= 0.3 is 0 Å². The molecule has 3 rings (SSSR count). The van der Waals surface area contributed by atoms with Crippen LogP contribution in [0.5, 0.6) is 0 Å². The Hall–Kier alpha value is -1.58. The number of carbonyl (C=O) groups excluding carboxylic acids is 1. The number of pyridine rings is 1. The summed E-state index contributed by atoms with van der Waals surface area (Å²) in [4.78, 5) is 19.0. The Morgan fingerprint density at radius 3 is 2.36 bits per heavy atom. The van der Waals surface area contributed by atoms with E-state index >= 15 is 0 Å². The van der Waals surface area contributed by atoms with Crippen LogP contribution in [0, 0.1) is 0 Å². The lowest BCUT2D eigenvalue weighted by Gasteiger charge is -2.29. The predicted molar refractivity (Wildman–Crippen MR) is 89.1 cm³/mol. The third-order valence-corrected chi connectivity index (χ3v) is 4.88. The Bertz CT molecular complexity index is 488. The van der Waals surface area contributed by atoms with E-state index in [1.54, 1.807) is 6.20 Å². The van der Waals surface area contributed by atoms with Gasteiger partial charge in [-0.1, -0.05) is 32.1 Å². The molecule has 0 aliphatic heterocycles. The van der Waals surface area contributed by atoms with E-state index in [2.05, 4.69) is 10.3 Å². The Kier molecular flexibility index (Phi) is 4.96. The molecular weight excluding hydrogens is 274 g/mol. The molecule has 2 saturated carbocycles. The molecule has 2 aliphatic carbocycles. The standard InChI is InChI=1S/C18H27N3O/c1-21(16-7-5-3-2-4-6-8-16)18(22)14-9-12-17(19-13-14)20-15-10-11-15/h9,12-13,15-16H,2-8,10-11H2,1H3,(H,19,20). The molecule has 0 radical (unpaired) electrons. The van der Waals surface area contributed by atoms with Crippen molar-refractivity contribution in [2.45, 2.75) is 69.9 Å². The molecule has 22 heavy (non-hydrogen) atoms. The molecule has 1 amide bonds. The van der Waals surface area contributed by atoms with Crippen LogP contribution in [0.1, 0.15) is 68.1 Å². The molecule has 1 aromatic rings. The molecule has 1 aromatic heterocycles. The van der Waals surface area contributed by atoms with Gasteiger partial charge in [0, 0.05) is 25.3 Å². The van der Waals surface area contributed by atoms with Crippen LogP contribution in [0.15, 0.2) is 18.3 Å². The second-order valence-electron chi connectivity index (χ2n) is 6.77. The quantitative estimate of drug-likeness (QED) is 0.919. The van der Waals surface area contributed by atoms with E-state index in [9.17, 15) is 4.79 Å². The lowest BCUT2D eigenvalue weighted by Crippen LogP contribution is -2.37. The first-order chi connectivity index (χ1) is 10.7. The first-order valence-corrected chi connectivity index (χ1v) is 8.74. The van der Waals surface area contributed by atoms with Crippen molar-refractivity contribution in [2.24, 2.45) is 0 Å². The highest BCUT2D eigenvalue weighted by atomic mass is 16.2. The van der Waals surface area contributed by atoms with E-state index in [0.717, 1.165) is 18.7 Å². The fourth-order valence-electron chi connectivity index (χ4n) is 3.23. The average molecular weight is 301 g/mol. The fourth-order valence-corrected chi connectivity index (χ4v) is 3.23. The van der Waals surface area contributed by atoms with E-state index in [-0.39, 0.29) is 5.91 Å². The summed E-state index contributed by atoms with van der Waals surface area (Å²) in [7, 11) is 1.95. The topological polar surface area (TPSA) is 45.2 Å². The largest absolute Gasteiger partial charge is 0.367 e. The Balaban J connectivity index is 1.60. The van der Waals surface area contributed by atoms with Gasteiger partial charge in [-0.2, -0.15) is 0 Å².